The van der Waals surface area contributed by atoms with Gasteiger partial charge in [-0.15, -0.1) is 10.2 Å². The Hall–Kier alpha value is -2.21. The van der Waals surface area contributed by atoms with Crippen LogP contribution >= 0.6 is 0 Å². The van der Waals surface area contributed by atoms with Gasteiger partial charge in [0.05, 0.1) is 13.0 Å². The topological polar surface area (TPSA) is 69.0 Å². The monoisotopic (exact) mass is 300 g/mol. The Morgan fingerprint density at radius 2 is 2.18 bits per heavy atom. The Morgan fingerprint density at radius 1 is 1.32 bits per heavy atom. The zero-order valence-corrected chi connectivity index (χ0v) is 12.7. The normalized spacial score (nSPS) is 13.7. The number of benzene rings is 1. The Balaban J connectivity index is 1.65. The van der Waals surface area contributed by atoms with E-state index in [1.54, 1.807) is 7.11 Å². The van der Waals surface area contributed by atoms with Crippen LogP contribution in [0.3, 0.4) is 0 Å². The quantitative estimate of drug-likeness (QED) is 0.916. The molecule has 1 aromatic carbocycles. The van der Waals surface area contributed by atoms with E-state index in [1.807, 2.05) is 28.8 Å². The lowest BCUT2D eigenvalue weighted by Crippen LogP contribution is -2.20. The first-order chi connectivity index (χ1) is 10.8. The maximum atomic E-state index is 12.2. The largest absolute Gasteiger partial charge is 0.380 e. The highest BCUT2D eigenvalue weighted by molar-refractivity contribution is 5.90. The first kappa shape index (κ1) is 14.7. The number of ether oxygens (including phenoxy) is 1. The fourth-order valence-corrected chi connectivity index (χ4v) is 2.75. The van der Waals surface area contributed by atoms with Crippen LogP contribution in [0.2, 0.25) is 0 Å². The number of anilines is 1. The van der Waals surface area contributed by atoms with E-state index in [2.05, 4.69) is 15.5 Å². The van der Waals surface area contributed by atoms with Crippen LogP contribution in [-0.4, -0.2) is 27.8 Å². The molecule has 2 heterocycles. The Morgan fingerprint density at radius 3 is 3.05 bits per heavy atom. The molecule has 6 nitrogen and oxygen atoms in total. The Labute approximate surface area is 129 Å². The summed E-state index contributed by atoms with van der Waals surface area (Å²) in [5.74, 6) is 1.45. The summed E-state index contributed by atoms with van der Waals surface area (Å²) in [6.07, 6.45) is 3.49. The van der Waals surface area contributed by atoms with E-state index in [-0.39, 0.29) is 5.91 Å². The van der Waals surface area contributed by atoms with Crippen molar-refractivity contribution in [3.05, 3.63) is 41.2 Å². The van der Waals surface area contributed by atoms with Gasteiger partial charge in [-0.05, 0) is 24.0 Å². The highest BCUT2D eigenvalue weighted by atomic mass is 16.5. The van der Waals surface area contributed by atoms with E-state index in [1.165, 1.54) is 0 Å². The van der Waals surface area contributed by atoms with E-state index in [4.69, 9.17) is 4.74 Å². The molecule has 116 valence electrons. The third kappa shape index (κ3) is 3.33. The minimum Gasteiger partial charge on any atom is -0.380 e. The zero-order valence-electron chi connectivity index (χ0n) is 12.7. The van der Waals surface area contributed by atoms with Gasteiger partial charge in [0, 0.05) is 20.1 Å². The van der Waals surface area contributed by atoms with Crippen molar-refractivity contribution >= 4 is 11.9 Å². The van der Waals surface area contributed by atoms with Crippen molar-refractivity contribution in [3.63, 3.8) is 0 Å². The lowest BCUT2D eigenvalue weighted by Gasteiger charge is -2.14. The van der Waals surface area contributed by atoms with Gasteiger partial charge in [-0.1, -0.05) is 24.3 Å². The van der Waals surface area contributed by atoms with Crippen LogP contribution in [0, 0.1) is 0 Å². The molecule has 0 aliphatic carbocycles. The number of aryl methyl sites for hydroxylation is 1. The van der Waals surface area contributed by atoms with Gasteiger partial charge in [0.25, 0.3) is 0 Å². The van der Waals surface area contributed by atoms with Crippen LogP contribution in [-0.2, 0) is 35.5 Å². The molecule has 22 heavy (non-hydrogen) atoms. The summed E-state index contributed by atoms with van der Waals surface area (Å²) in [4.78, 5) is 12.2. The number of aromatic nitrogens is 3. The molecule has 0 spiro atoms. The standard InChI is InChI=1S/C16H20N4O2/c1-22-11-13-6-4-5-12(9-13)10-15(21)17-16-19-18-14-7-2-3-8-20(14)16/h4-6,9H,2-3,7-8,10-11H2,1H3,(H,17,19,21). The molecule has 0 fully saturated rings. The second-order valence-corrected chi connectivity index (χ2v) is 5.53. The van der Waals surface area contributed by atoms with Crippen molar-refractivity contribution in [1.29, 1.82) is 0 Å². The molecule has 0 saturated heterocycles. The molecular weight excluding hydrogens is 280 g/mol. The van der Waals surface area contributed by atoms with Gasteiger partial charge in [-0.2, -0.15) is 0 Å². The number of fused-ring (bicyclic) bond motifs is 1. The maximum Gasteiger partial charge on any atom is 0.231 e. The highest BCUT2D eigenvalue weighted by Crippen LogP contribution is 2.17. The van der Waals surface area contributed by atoms with Crippen LogP contribution in [0.1, 0.15) is 29.8 Å². The average Bonchev–Trinajstić information content (AvgIpc) is 2.91. The molecule has 0 bridgehead atoms. The number of nitrogens with one attached hydrogen (secondary N) is 1. The van der Waals surface area contributed by atoms with E-state index in [9.17, 15) is 4.79 Å². The summed E-state index contributed by atoms with van der Waals surface area (Å²) < 4.78 is 7.12. The molecule has 6 heteroatoms. The molecule has 1 aliphatic heterocycles. The molecule has 0 unspecified atom stereocenters. The summed E-state index contributed by atoms with van der Waals surface area (Å²) in [7, 11) is 1.66. The van der Waals surface area contributed by atoms with Crippen LogP contribution in [0.5, 0.6) is 0 Å². The predicted octanol–water partition coefficient (Wildman–Crippen LogP) is 1.94. The molecule has 1 N–H and O–H groups in total. The van der Waals surface area contributed by atoms with Gasteiger partial charge in [-0.25, -0.2) is 0 Å². The second-order valence-electron chi connectivity index (χ2n) is 5.53. The first-order valence-electron chi connectivity index (χ1n) is 7.55. The fourth-order valence-electron chi connectivity index (χ4n) is 2.75. The van der Waals surface area contributed by atoms with Crippen molar-refractivity contribution in [3.8, 4) is 0 Å². The van der Waals surface area contributed by atoms with Crippen LogP contribution in [0.4, 0.5) is 5.95 Å². The van der Waals surface area contributed by atoms with Gasteiger partial charge in [0.1, 0.15) is 5.82 Å². The molecule has 3 rings (SSSR count). The summed E-state index contributed by atoms with van der Waals surface area (Å²) in [5, 5.41) is 11.1. The molecule has 0 atom stereocenters. The zero-order chi connectivity index (χ0) is 15.4. The summed E-state index contributed by atoms with van der Waals surface area (Å²) in [6.45, 7) is 1.43. The van der Waals surface area contributed by atoms with Crippen molar-refractivity contribution in [2.24, 2.45) is 0 Å². The molecule has 1 amide bonds. The minimum absolute atomic E-state index is 0.0738. The highest BCUT2D eigenvalue weighted by Gasteiger charge is 2.17. The van der Waals surface area contributed by atoms with Crippen molar-refractivity contribution < 1.29 is 9.53 Å². The van der Waals surface area contributed by atoms with Gasteiger partial charge in [0.2, 0.25) is 11.9 Å². The summed E-state index contributed by atoms with van der Waals surface area (Å²) in [5.41, 5.74) is 2.03. The summed E-state index contributed by atoms with van der Waals surface area (Å²) in [6, 6.07) is 7.86. The number of hydrogen-bond acceptors (Lipinski definition) is 4. The molecule has 1 aliphatic rings. The third-order valence-electron chi connectivity index (χ3n) is 3.78. The minimum atomic E-state index is -0.0738. The second kappa shape index (κ2) is 6.70. The average molecular weight is 300 g/mol. The van der Waals surface area contributed by atoms with E-state index in [0.29, 0.717) is 19.0 Å². The van der Waals surface area contributed by atoms with Gasteiger partial charge < -0.3 is 4.74 Å². The van der Waals surface area contributed by atoms with Crippen LogP contribution in [0.25, 0.3) is 0 Å². The predicted molar refractivity (Wildman–Crippen MR) is 82.4 cm³/mol. The number of hydrogen-bond donors (Lipinski definition) is 1. The van der Waals surface area contributed by atoms with Crippen molar-refractivity contribution in [2.75, 3.05) is 12.4 Å². The third-order valence-corrected chi connectivity index (χ3v) is 3.78. The lowest BCUT2D eigenvalue weighted by molar-refractivity contribution is -0.115. The Bertz CT molecular complexity index is 666. The molecule has 0 saturated carbocycles. The van der Waals surface area contributed by atoms with Gasteiger partial charge >= 0.3 is 0 Å². The van der Waals surface area contributed by atoms with Crippen molar-refractivity contribution in [2.45, 2.75) is 38.8 Å². The number of methoxy groups -OCH3 is 1. The fraction of sp³-hybridized carbons (Fsp3) is 0.438. The van der Waals surface area contributed by atoms with Crippen LogP contribution < -0.4 is 5.32 Å². The number of rotatable bonds is 5. The maximum absolute atomic E-state index is 12.2. The number of carbonyl (C=O) groups excluding carboxylic acids is 1. The SMILES string of the molecule is COCc1cccc(CC(=O)Nc2nnc3n2CCCC3)c1. The molecule has 2 aromatic rings. The smallest absolute Gasteiger partial charge is 0.231 e. The number of amides is 1. The summed E-state index contributed by atoms with van der Waals surface area (Å²) >= 11 is 0. The van der Waals surface area contributed by atoms with Gasteiger partial charge in [0.15, 0.2) is 0 Å². The molecule has 1 aromatic heterocycles. The van der Waals surface area contributed by atoms with E-state index in [0.717, 1.165) is 42.8 Å². The number of nitrogens with zero attached hydrogens (tertiary/aromatic N) is 3. The van der Waals surface area contributed by atoms with Crippen molar-refractivity contribution in [1.82, 2.24) is 14.8 Å². The molecular formula is C16H20N4O2. The number of carbonyl (C=O) groups is 1. The lowest BCUT2D eigenvalue weighted by atomic mass is 10.1. The van der Waals surface area contributed by atoms with Gasteiger partial charge in [-0.3, -0.25) is 14.7 Å². The Kier molecular flexibility index (Phi) is 4.48. The first-order valence-corrected chi connectivity index (χ1v) is 7.55. The van der Waals surface area contributed by atoms with Crippen LogP contribution in [0.15, 0.2) is 24.3 Å². The van der Waals surface area contributed by atoms with E-state index < -0.39 is 0 Å². The van der Waals surface area contributed by atoms with E-state index >= 15 is 0 Å². The molecule has 0 radical (unpaired) electrons.